The highest BCUT2D eigenvalue weighted by Gasteiger charge is 2.50. The van der Waals surface area contributed by atoms with Crippen molar-refractivity contribution in [1.29, 1.82) is 0 Å². The standard InChI is InChI=1S/C27H23ClP/c28-27(22-21-23-13-5-1-6-14-23)29(24-15-7-2-8-16-24,25-17-9-3-10-18-25)26-19-11-4-12-20-26/h1-22,27H/q+1/b22-21+. The second kappa shape index (κ2) is 9.23. The van der Waals surface area contributed by atoms with Gasteiger partial charge < -0.3 is 0 Å². The molecule has 142 valence electrons. The van der Waals surface area contributed by atoms with E-state index >= 15 is 0 Å². The predicted octanol–water partition coefficient (Wildman–Crippen LogP) is 6.26. The van der Waals surface area contributed by atoms with Crippen LogP contribution in [0, 0.1) is 0 Å². The smallest absolute Gasteiger partial charge is 0.0727 e. The van der Waals surface area contributed by atoms with Gasteiger partial charge in [-0.1, -0.05) is 103 Å². The molecule has 4 aromatic carbocycles. The SMILES string of the molecule is ClC(/C=C/c1ccccc1)[P+](c1ccccc1)(c1ccccc1)c1ccccc1. The summed E-state index contributed by atoms with van der Waals surface area (Å²) in [4.78, 5) is 0. The van der Waals surface area contributed by atoms with Crippen molar-refractivity contribution in [3.05, 3.63) is 133 Å². The maximum atomic E-state index is 7.32. The summed E-state index contributed by atoms with van der Waals surface area (Å²) in [5.74, 6) is 0. The number of rotatable bonds is 6. The molecule has 0 heterocycles. The zero-order chi connectivity index (χ0) is 19.9. The zero-order valence-electron chi connectivity index (χ0n) is 16.1. The fourth-order valence-corrected chi connectivity index (χ4v) is 8.85. The molecule has 0 aliphatic heterocycles. The molecule has 1 unspecified atom stereocenters. The normalized spacial score (nSPS) is 12.7. The minimum Gasteiger partial charge on any atom is -0.0727 e. The number of halogens is 1. The lowest BCUT2D eigenvalue weighted by Crippen LogP contribution is -2.36. The Morgan fingerprint density at radius 2 is 0.862 bits per heavy atom. The second-order valence-corrected chi connectivity index (χ2v) is 11.2. The van der Waals surface area contributed by atoms with Gasteiger partial charge in [0.15, 0.2) is 5.12 Å². The molecule has 0 aromatic heterocycles. The van der Waals surface area contributed by atoms with Gasteiger partial charge in [-0.25, -0.2) is 0 Å². The average molecular weight is 414 g/mol. The Morgan fingerprint density at radius 1 is 0.517 bits per heavy atom. The van der Waals surface area contributed by atoms with Gasteiger partial charge in [0.2, 0.25) is 0 Å². The van der Waals surface area contributed by atoms with Crippen molar-refractivity contribution in [2.45, 2.75) is 5.12 Å². The van der Waals surface area contributed by atoms with Crippen LogP contribution in [0.5, 0.6) is 0 Å². The quantitative estimate of drug-likeness (QED) is 0.258. The molecule has 0 amide bonds. The predicted molar refractivity (Wildman–Crippen MR) is 130 cm³/mol. The Morgan fingerprint density at radius 3 is 1.24 bits per heavy atom. The maximum Gasteiger partial charge on any atom is 0.175 e. The van der Waals surface area contributed by atoms with E-state index in [2.05, 4.69) is 127 Å². The van der Waals surface area contributed by atoms with Gasteiger partial charge in [0.1, 0.15) is 23.2 Å². The first kappa shape index (κ1) is 19.6. The van der Waals surface area contributed by atoms with Crippen LogP contribution in [-0.4, -0.2) is 5.12 Å². The van der Waals surface area contributed by atoms with Crippen molar-refractivity contribution < 1.29 is 0 Å². The van der Waals surface area contributed by atoms with E-state index in [1.165, 1.54) is 15.9 Å². The Hall–Kier alpha value is -2.66. The van der Waals surface area contributed by atoms with Gasteiger partial charge in [0, 0.05) is 0 Å². The Balaban J connectivity index is 1.94. The Labute approximate surface area is 178 Å². The second-order valence-electron chi connectivity index (χ2n) is 6.87. The van der Waals surface area contributed by atoms with E-state index in [4.69, 9.17) is 11.6 Å². The number of allylic oxidation sites excluding steroid dienone is 1. The van der Waals surface area contributed by atoms with Crippen LogP contribution in [0.1, 0.15) is 5.56 Å². The summed E-state index contributed by atoms with van der Waals surface area (Å²) in [6.07, 6.45) is 4.30. The molecule has 0 nitrogen and oxygen atoms in total. The highest BCUT2D eigenvalue weighted by atomic mass is 35.5. The first-order chi connectivity index (χ1) is 14.3. The lowest BCUT2D eigenvalue weighted by atomic mass is 10.2. The van der Waals surface area contributed by atoms with Crippen molar-refractivity contribution >= 4 is 40.9 Å². The molecule has 0 saturated heterocycles. The van der Waals surface area contributed by atoms with E-state index in [0.717, 1.165) is 5.56 Å². The molecule has 0 bridgehead atoms. The lowest BCUT2D eigenvalue weighted by Gasteiger charge is -2.30. The van der Waals surface area contributed by atoms with Crippen molar-refractivity contribution in [2.75, 3.05) is 0 Å². The van der Waals surface area contributed by atoms with Crippen LogP contribution in [0.3, 0.4) is 0 Å². The summed E-state index contributed by atoms with van der Waals surface area (Å²) in [6, 6.07) is 42.5. The van der Waals surface area contributed by atoms with Crippen molar-refractivity contribution in [1.82, 2.24) is 0 Å². The summed E-state index contributed by atoms with van der Waals surface area (Å²) in [7, 11) is -2.10. The van der Waals surface area contributed by atoms with Gasteiger partial charge >= 0.3 is 0 Å². The summed E-state index contributed by atoms with van der Waals surface area (Å²) in [5, 5.41) is 3.69. The Kier molecular flexibility index (Phi) is 6.25. The van der Waals surface area contributed by atoms with Crippen LogP contribution in [-0.2, 0) is 0 Å². The van der Waals surface area contributed by atoms with Crippen LogP contribution in [0.15, 0.2) is 127 Å². The lowest BCUT2D eigenvalue weighted by molar-refractivity contribution is 1.56. The fraction of sp³-hybridized carbons (Fsp3) is 0.0370. The van der Waals surface area contributed by atoms with E-state index in [9.17, 15) is 0 Å². The van der Waals surface area contributed by atoms with Crippen molar-refractivity contribution in [2.24, 2.45) is 0 Å². The molecule has 0 N–H and O–H groups in total. The van der Waals surface area contributed by atoms with Gasteiger partial charge in [0.25, 0.3) is 0 Å². The molecule has 1 atom stereocenters. The van der Waals surface area contributed by atoms with Gasteiger partial charge in [-0.3, -0.25) is 0 Å². The van der Waals surface area contributed by atoms with Crippen LogP contribution >= 0.6 is 18.9 Å². The molecule has 4 aromatic rings. The highest BCUT2D eigenvalue weighted by Crippen LogP contribution is 2.61. The van der Waals surface area contributed by atoms with Gasteiger partial charge in [-0.05, 0) is 48.0 Å². The van der Waals surface area contributed by atoms with Gasteiger partial charge in [0.05, 0.1) is 0 Å². The first-order valence-electron chi connectivity index (χ1n) is 9.75. The minimum absolute atomic E-state index is 0.171. The third-order valence-electron chi connectivity index (χ3n) is 5.11. The molecule has 0 saturated carbocycles. The molecule has 29 heavy (non-hydrogen) atoms. The van der Waals surface area contributed by atoms with E-state index in [0.29, 0.717) is 0 Å². The first-order valence-corrected chi connectivity index (χ1v) is 12.0. The number of benzene rings is 4. The monoisotopic (exact) mass is 413 g/mol. The third kappa shape index (κ3) is 4.06. The molecule has 0 aliphatic rings. The van der Waals surface area contributed by atoms with Crippen LogP contribution in [0.2, 0.25) is 0 Å². The van der Waals surface area contributed by atoms with Gasteiger partial charge in [-0.2, -0.15) is 0 Å². The largest absolute Gasteiger partial charge is 0.175 e. The van der Waals surface area contributed by atoms with Gasteiger partial charge in [-0.15, -0.1) is 0 Å². The van der Waals surface area contributed by atoms with Crippen LogP contribution in [0.25, 0.3) is 6.08 Å². The van der Waals surface area contributed by atoms with Crippen molar-refractivity contribution in [3.8, 4) is 0 Å². The van der Waals surface area contributed by atoms with Crippen LogP contribution in [0.4, 0.5) is 0 Å². The molecular formula is C27H23ClP+. The minimum atomic E-state index is -2.10. The summed E-state index contributed by atoms with van der Waals surface area (Å²) >= 11 is 7.32. The summed E-state index contributed by atoms with van der Waals surface area (Å²) in [5.41, 5.74) is 1.16. The number of hydrogen-bond acceptors (Lipinski definition) is 0. The molecular weight excluding hydrogens is 391 g/mol. The van der Waals surface area contributed by atoms with E-state index in [1.807, 2.05) is 6.07 Å². The highest BCUT2D eigenvalue weighted by molar-refractivity contribution is 7.97. The molecule has 0 aliphatic carbocycles. The Bertz CT molecular complexity index is 948. The molecule has 0 spiro atoms. The van der Waals surface area contributed by atoms with E-state index in [-0.39, 0.29) is 5.12 Å². The molecule has 0 fully saturated rings. The molecule has 0 radical (unpaired) electrons. The van der Waals surface area contributed by atoms with E-state index < -0.39 is 7.26 Å². The summed E-state index contributed by atoms with van der Waals surface area (Å²) < 4.78 is 0. The topological polar surface area (TPSA) is 0 Å². The molecule has 2 heteroatoms. The zero-order valence-corrected chi connectivity index (χ0v) is 17.8. The fourth-order valence-electron chi connectivity index (χ4n) is 3.75. The number of alkyl halides is 1. The van der Waals surface area contributed by atoms with E-state index in [1.54, 1.807) is 0 Å². The van der Waals surface area contributed by atoms with Crippen molar-refractivity contribution in [3.63, 3.8) is 0 Å². The maximum absolute atomic E-state index is 7.32. The average Bonchev–Trinajstić information content (AvgIpc) is 2.81. The summed E-state index contributed by atoms with van der Waals surface area (Å²) in [6.45, 7) is 0. The number of hydrogen-bond donors (Lipinski definition) is 0. The van der Waals surface area contributed by atoms with Crippen LogP contribution < -0.4 is 15.9 Å². The third-order valence-corrected chi connectivity index (χ3v) is 10.4. The molecule has 4 rings (SSSR count).